The van der Waals surface area contributed by atoms with Crippen molar-refractivity contribution in [2.45, 2.75) is 26.9 Å². The number of carbonyl (C=O) groups excluding carboxylic acids is 1. The fourth-order valence-corrected chi connectivity index (χ4v) is 2.51. The molecule has 0 saturated heterocycles. The molecule has 0 bridgehead atoms. The van der Waals surface area contributed by atoms with Crippen LogP contribution in [0, 0.1) is 20.8 Å². The molecular formula is C20H21F3N4O3. The third kappa shape index (κ3) is 5.28. The highest BCUT2D eigenvalue weighted by Crippen LogP contribution is 2.18. The Morgan fingerprint density at radius 2 is 1.60 bits per heavy atom. The minimum absolute atomic E-state index is 0.0921. The second-order valence-electron chi connectivity index (χ2n) is 6.52. The molecule has 7 nitrogen and oxygen atoms in total. The molecule has 0 unspecified atom stereocenters. The number of carbonyl (C=O) groups is 2. The van der Waals surface area contributed by atoms with Crippen molar-refractivity contribution in [3.63, 3.8) is 0 Å². The summed E-state index contributed by atoms with van der Waals surface area (Å²) in [7, 11) is 1.93. The zero-order valence-electron chi connectivity index (χ0n) is 16.8. The Balaban J connectivity index is 0.000000396. The third-order valence-electron chi connectivity index (χ3n) is 4.53. The smallest absolute Gasteiger partial charge is 0.475 e. The van der Waals surface area contributed by atoms with Crippen molar-refractivity contribution in [1.82, 2.24) is 14.1 Å². The number of carboxylic acid groups (broad SMARTS) is 1. The molecular weight excluding hydrogens is 401 g/mol. The molecule has 0 atom stereocenters. The van der Waals surface area contributed by atoms with Crippen molar-refractivity contribution in [2.24, 2.45) is 7.05 Å². The van der Waals surface area contributed by atoms with Crippen LogP contribution in [0.25, 0.3) is 5.69 Å². The summed E-state index contributed by atoms with van der Waals surface area (Å²) in [5, 5.41) is 10.1. The Morgan fingerprint density at radius 3 is 2.00 bits per heavy atom. The van der Waals surface area contributed by atoms with Crippen molar-refractivity contribution in [3.8, 4) is 5.69 Å². The van der Waals surface area contributed by atoms with Gasteiger partial charge in [-0.1, -0.05) is 0 Å². The van der Waals surface area contributed by atoms with E-state index in [2.05, 4.69) is 10.3 Å². The number of aliphatic carboxylic acids is 1. The number of alkyl halides is 3. The van der Waals surface area contributed by atoms with Crippen LogP contribution in [0.5, 0.6) is 0 Å². The number of imidazole rings is 1. The lowest BCUT2D eigenvalue weighted by Gasteiger charge is -2.09. The van der Waals surface area contributed by atoms with Gasteiger partial charge in [0.1, 0.15) is 0 Å². The number of hydrogen-bond donors (Lipinski definition) is 2. The minimum Gasteiger partial charge on any atom is -0.475 e. The van der Waals surface area contributed by atoms with Gasteiger partial charge in [0.15, 0.2) is 0 Å². The van der Waals surface area contributed by atoms with Crippen LogP contribution in [-0.4, -0.2) is 37.3 Å². The molecule has 30 heavy (non-hydrogen) atoms. The lowest BCUT2D eigenvalue weighted by atomic mass is 10.2. The Kier molecular flexibility index (Phi) is 6.70. The molecule has 1 amide bonds. The van der Waals surface area contributed by atoms with Crippen LogP contribution >= 0.6 is 0 Å². The number of carboxylic acids is 1. The number of aromatic nitrogens is 3. The molecule has 0 aliphatic heterocycles. The predicted octanol–water partition coefficient (Wildman–Crippen LogP) is 4.02. The van der Waals surface area contributed by atoms with Gasteiger partial charge >= 0.3 is 12.1 Å². The molecule has 0 aliphatic carbocycles. The van der Waals surface area contributed by atoms with E-state index in [9.17, 15) is 18.0 Å². The fraction of sp³-hybridized carbons (Fsp3) is 0.250. The average Bonchev–Trinajstić information content (AvgIpc) is 3.18. The predicted molar refractivity (Wildman–Crippen MR) is 105 cm³/mol. The van der Waals surface area contributed by atoms with E-state index in [4.69, 9.17) is 9.90 Å². The number of benzene rings is 1. The lowest BCUT2D eigenvalue weighted by molar-refractivity contribution is -0.192. The topological polar surface area (TPSA) is 89.2 Å². The normalized spacial score (nSPS) is 10.9. The number of halogens is 3. The van der Waals surface area contributed by atoms with E-state index < -0.39 is 12.1 Å². The van der Waals surface area contributed by atoms with Crippen LogP contribution in [0.4, 0.5) is 18.9 Å². The van der Waals surface area contributed by atoms with Gasteiger partial charge in [0, 0.05) is 36.0 Å². The molecule has 2 heterocycles. The highest BCUT2D eigenvalue weighted by atomic mass is 19.4. The van der Waals surface area contributed by atoms with E-state index in [1.54, 1.807) is 0 Å². The molecule has 3 aromatic rings. The van der Waals surface area contributed by atoms with E-state index in [0.717, 1.165) is 28.5 Å². The van der Waals surface area contributed by atoms with Gasteiger partial charge in [-0.25, -0.2) is 9.78 Å². The van der Waals surface area contributed by atoms with Gasteiger partial charge in [0.2, 0.25) is 0 Å². The summed E-state index contributed by atoms with van der Waals surface area (Å²) in [6, 6.07) is 9.58. The quantitative estimate of drug-likeness (QED) is 0.667. The molecule has 0 aliphatic rings. The van der Waals surface area contributed by atoms with Crippen LogP contribution in [0.1, 0.15) is 27.4 Å². The highest BCUT2D eigenvalue weighted by molar-refractivity contribution is 6.05. The van der Waals surface area contributed by atoms with Gasteiger partial charge in [-0.15, -0.1) is 0 Å². The van der Waals surface area contributed by atoms with E-state index in [1.807, 2.05) is 79.8 Å². The first kappa shape index (κ1) is 22.7. The van der Waals surface area contributed by atoms with Crippen LogP contribution in [0.15, 0.2) is 42.9 Å². The fourth-order valence-electron chi connectivity index (χ4n) is 2.51. The number of amides is 1. The molecule has 2 N–H and O–H groups in total. The Hall–Kier alpha value is -3.56. The van der Waals surface area contributed by atoms with Gasteiger partial charge in [-0.3, -0.25) is 4.79 Å². The van der Waals surface area contributed by atoms with E-state index in [1.165, 1.54) is 0 Å². The minimum atomic E-state index is -5.08. The molecule has 0 fully saturated rings. The van der Waals surface area contributed by atoms with Crippen LogP contribution < -0.4 is 5.32 Å². The maximum absolute atomic E-state index is 12.3. The molecule has 3 rings (SSSR count). The zero-order valence-corrected chi connectivity index (χ0v) is 16.8. The molecule has 0 radical (unpaired) electrons. The first-order chi connectivity index (χ1) is 13.9. The molecule has 2 aromatic heterocycles. The third-order valence-corrected chi connectivity index (χ3v) is 4.53. The number of nitrogens with one attached hydrogen (secondary N) is 1. The highest BCUT2D eigenvalue weighted by Gasteiger charge is 2.38. The summed E-state index contributed by atoms with van der Waals surface area (Å²) < 4.78 is 35.7. The zero-order chi connectivity index (χ0) is 22.6. The standard InChI is InChI=1S/C18H20N4O.C2HF3O2/c1-12-13(2)22(11-19-12)16-7-5-15(6-8-16)20-18(23)17-9-10-21(4)14(17)3;3-2(4,5)1(6)7/h5-11H,1-4H3,(H,20,23);(H,6,7). The number of aryl methyl sites for hydroxylation is 2. The second kappa shape index (κ2) is 8.85. The first-order valence-corrected chi connectivity index (χ1v) is 8.76. The second-order valence-corrected chi connectivity index (χ2v) is 6.52. The van der Waals surface area contributed by atoms with Gasteiger partial charge in [0.05, 0.1) is 17.6 Å². The summed E-state index contributed by atoms with van der Waals surface area (Å²) in [5.41, 5.74) is 5.57. The van der Waals surface area contributed by atoms with Crippen LogP contribution in [0.3, 0.4) is 0 Å². The van der Waals surface area contributed by atoms with E-state index >= 15 is 0 Å². The largest absolute Gasteiger partial charge is 0.490 e. The molecule has 0 saturated carbocycles. The van der Waals surface area contributed by atoms with Gasteiger partial charge in [-0.2, -0.15) is 13.2 Å². The summed E-state index contributed by atoms with van der Waals surface area (Å²) in [6.45, 7) is 5.96. The first-order valence-electron chi connectivity index (χ1n) is 8.76. The Bertz CT molecular complexity index is 1050. The lowest BCUT2D eigenvalue weighted by Crippen LogP contribution is -2.21. The molecule has 1 aromatic carbocycles. The molecule has 10 heteroatoms. The monoisotopic (exact) mass is 422 g/mol. The average molecular weight is 422 g/mol. The summed E-state index contributed by atoms with van der Waals surface area (Å²) in [6.07, 6.45) is -1.39. The molecule has 160 valence electrons. The number of anilines is 1. The maximum atomic E-state index is 12.3. The van der Waals surface area contributed by atoms with Crippen molar-refractivity contribution in [1.29, 1.82) is 0 Å². The van der Waals surface area contributed by atoms with Crippen molar-refractivity contribution in [3.05, 3.63) is 65.5 Å². The van der Waals surface area contributed by atoms with Crippen molar-refractivity contribution in [2.75, 3.05) is 5.32 Å². The summed E-state index contributed by atoms with van der Waals surface area (Å²) >= 11 is 0. The van der Waals surface area contributed by atoms with Crippen LogP contribution in [-0.2, 0) is 11.8 Å². The van der Waals surface area contributed by atoms with Crippen molar-refractivity contribution < 1.29 is 27.9 Å². The Labute approximate surface area is 170 Å². The van der Waals surface area contributed by atoms with Gasteiger partial charge in [-0.05, 0) is 51.1 Å². The SMILES string of the molecule is Cc1ncn(-c2ccc(NC(=O)c3ccn(C)c3C)cc2)c1C.O=C(O)C(F)(F)F. The maximum Gasteiger partial charge on any atom is 0.490 e. The van der Waals surface area contributed by atoms with Gasteiger partial charge < -0.3 is 19.6 Å². The van der Waals surface area contributed by atoms with Crippen molar-refractivity contribution >= 4 is 17.6 Å². The van der Waals surface area contributed by atoms with E-state index in [0.29, 0.717) is 5.56 Å². The number of rotatable bonds is 3. The Morgan fingerprint density at radius 1 is 1.03 bits per heavy atom. The van der Waals surface area contributed by atoms with Crippen LogP contribution in [0.2, 0.25) is 0 Å². The van der Waals surface area contributed by atoms with Gasteiger partial charge in [0.25, 0.3) is 5.91 Å². The summed E-state index contributed by atoms with van der Waals surface area (Å²) in [4.78, 5) is 25.5. The molecule has 0 spiro atoms. The number of nitrogens with zero attached hydrogens (tertiary/aromatic N) is 3. The summed E-state index contributed by atoms with van der Waals surface area (Å²) in [5.74, 6) is -2.85. The van der Waals surface area contributed by atoms with E-state index in [-0.39, 0.29) is 5.91 Å². The number of hydrogen-bond acceptors (Lipinski definition) is 3.